The molecule has 98 valence electrons. The predicted molar refractivity (Wildman–Crippen MR) is 81.2 cm³/mol. The van der Waals surface area contributed by atoms with Gasteiger partial charge in [-0.25, -0.2) is 0 Å². The SMILES string of the molecule is ClCC(CC1CC2CCC1C2)c1ccc(Br)cc1. The van der Waals surface area contributed by atoms with Crippen molar-refractivity contribution in [3.63, 3.8) is 0 Å². The molecule has 0 nitrogen and oxygen atoms in total. The molecular weight excluding hydrogens is 308 g/mol. The number of rotatable bonds is 4. The third kappa shape index (κ3) is 2.63. The van der Waals surface area contributed by atoms with Crippen LogP contribution in [0.3, 0.4) is 0 Å². The zero-order valence-electron chi connectivity index (χ0n) is 10.6. The van der Waals surface area contributed by atoms with Gasteiger partial charge in [0.1, 0.15) is 0 Å². The normalized spacial score (nSPS) is 31.8. The van der Waals surface area contributed by atoms with E-state index in [-0.39, 0.29) is 0 Å². The molecule has 1 aromatic rings. The summed E-state index contributed by atoms with van der Waals surface area (Å²) in [5, 5.41) is 0. The Morgan fingerprint density at radius 1 is 1.17 bits per heavy atom. The van der Waals surface area contributed by atoms with Crippen molar-refractivity contribution in [2.45, 2.75) is 38.0 Å². The number of alkyl halides is 1. The van der Waals surface area contributed by atoms with Crippen LogP contribution in [0, 0.1) is 17.8 Å². The lowest BCUT2D eigenvalue weighted by molar-refractivity contribution is 0.300. The van der Waals surface area contributed by atoms with Crippen LogP contribution < -0.4 is 0 Å². The lowest BCUT2D eigenvalue weighted by Gasteiger charge is -2.26. The molecule has 0 saturated heterocycles. The molecule has 2 saturated carbocycles. The summed E-state index contributed by atoms with van der Waals surface area (Å²) in [5.41, 5.74) is 1.41. The highest BCUT2D eigenvalue weighted by molar-refractivity contribution is 9.10. The van der Waals surface area contributed by atoms with E-state index >= 15 is 0 Å². The summed E-state index contributed by atoms with van der Waals surface area (Å²) in [4.78, 5) is 0. The molecule has 2 fully saturated rings. The van der Waals surface area contributed by atoms with Gasteiger partial charge in [0.2, 0.25) is 0 Å². The van der Waals surface area contributed by atoms with Crippen LogP contribution >= 0.6 is 27.5 Å². The minimum atomic E-state index is 0.545. The average molecular weight is 328 g/mol. The van der Waals surface area contributed by atoms with Crippen molar-refractivity contribution >= 4 is 27.5 Å². The average Bonchev–Trinajstić information content (AvgIpc) is 2.99. The number of benzene rings is 1. The summed E-state index contributed by atoms with van der Waals surface area (Å²) in [6.45, 7) is 0. The summed E-state index contributed by atoms with van der Waals surface area (Å²) >= 11 is 9.71. The number of fused-ring (bicyclic) bond motifs is 2. The molecule has 0 spiro atoms. The van der Waals surface area contributed by atoms with E-state index in [1.807, 2.05) is 0 Å². The Balaban J connectivity index is 1.67. The standard InChI is InChI=1S/C16H20BrCl/c17-16-5-3-12(4-6-16)15(10-18)9-14-8-11-1-2-13(14)7-11/h3-6,11,13-15H,1-2,7-10H2. The van der Waals surface area contributed by atoms with Crippen molar-refractivity contribution in [1.29, 1.82) is 0 Å². The molecular formula is C16H20BrCl. The van der Waals surface area contributed by atoms with E-state index in [9.17, 15) is 0 Å². The van der Waals surface area contributed by atoms with Crippen molar-refractivity contribution in [3.05, 3.63) is 34.3 Å². The second-order valence-corrected chi connectivity index (χ2v) is 7.30. The fourth-order valence-electron chi connectivity index (χ4n) is 4.05. The van der Waals surface area contributed by atoms with E-state index in [2.05, 4.69) is 40.2 Å². The van der Waals surface area contributed by atoms with Crippen molar-refractivity contribution < 1.29 is 0 Å². The minimum absolute atomic E-state index is 0.545. The van der Waals surface area contributed by atoms with E-state index in [0.29, 0.717) is 5.92 Å². The van der Waals surface area contributed by atoms with Crippen LogP contribution in [-0.4, -0.2) is 5.88 Å². The van der Waals surface area contributed by atoms with Gasteiger partial charge in [-0.05, 0) is 67.1 Å². The Morgan fingerprint density at radius 2 is 1.94 bits per heavy atom. The first-order valence-corrected chi connectivity index (χ1v) is 8.40. The summed E-state index contributed by atoms with van der Waals surface area (Å²) < 4.78 is 1.15. The van der Waals surface area contributed by atoms with Crippen LogP contribution in [0.1, 0.15) is 43.6 Å². The van der Waals surface area contributed by atoms with Gasteiger partial charge in [-0.3, -0.25) is 0 Å². The summed E-state index contributed by atoms with van der Waals surface area (Å²) in [7, 11) is 0. The highest BCUT2D eigenvalue weighted by atomic mass is 79.9. The first-order valence-electron chi connectivity index (χ1n) is 7.07. The van der Waals surface area contributed by atoms with E-state index in [1.54, 1.807) is 0 Å². The highest BCUT2D eigenvalue weighted by Gasteiger charge is 2.40. The second kappa shape index (κ2) is 5.54. The molecule has 0 aromatic heterocycles. The van der Waals surface area contributed by atoms with Crippen molar-refractivity contribution in [1.82, 2.24) is 0 Å². The molecule has 1 aromatic carbocycles. The molecule has 4 atom stereocenters. The van der Waals surface area contributed by atoms with Gasteiger partial charge in [-0.15, -0.1) is 11.6 Å². The fraction of sp³-hybridized carbons (Fsp3) is 0.625. The molecule has 2 aliphatic rings. The molecule has 4 unspecified atom stereocenters. The Labute approximate surface area is 123 Å². The maximum absolute atomic E-state index is 6.21. The number of hydrogen-bond acceptors (Lipinski definition) is 0. The predicted octanol–water partition coefficient (Wildman–Crippen LogP) is 5.60. The fourth-order valence-corrected chi connectivity index (χ4v) is 4.62. The van der Waals surface area contributed by atoms with Crippen molar-refractivity contribution in [2.24, 2.45) is 17.8 Å². The van der Waals surface area contributed by atoms with E-state index in [4.69, 9.17) is 11.6 Å². The Bertz CT molecular complexity index is 400. The highest BCUT2D eigenvalue weighted by Crippen LogP contribution is 2.51. The van der Waals surface area contributed by atoms with Gasteiger partial charge in [0, 0.05) is 10.4 Å². The van der Waals surface area contributed by atoms with Gasteiger partial charge in [-0.2, -0.15) is 0 Å². The van der Waals surface area contributed by atoms with E-state index in [0.717, 1.165) is 28.1 Å². The first kappa shape index (κ1) is 13.0. The molecule has 0 heterocycles. The van der Waals surface area contributed by atoms with Gasteiger partial charge in [0.05, 0.1) is 0 Å². The smallest absolute Gasteiger partial charge is 0.0292 e. The largest absolute Gasteiger partial charge is 0.126 e. The van der Waals surface area contributed by atoms with Crippen LogP contribution in [0.2, 0.25) is 0 Å². The molecule has 2 heteroatoms. The summed E-state index contributed by atoms with van der Waals surface area (Å²) in [6.07, 6.45) is 7.23. The van der Waals surface area contributed by atoms with Gasteiger partial charge in [-0.1, -0.05) is 34.5 Å². The second-order valence-electron chi connectivity index (χ2n) is 6.07. The van der Waals surface area contributed by atoms with Gasteiger partial charge < -0.3 is 0 Å². The van der Waals surface area contributed by atoms with E-state index < -0.39 is 0 Å². The third-order valence-corrected chi connectivity index (χ3v) is 5.90. The lowest BCUT2D eigenvalue weighted by atomic mass is 9.81. The molecule has 3 rings (SSSR count). The Hall–Kier alpha value is -0.0100. The zero-order valence-corrected chi connectivity index (χ0v) is 13.0. The lowest BCUT2D eigenvalue weighted by Crippen LogP contribution is -2.15. The summed E-state index contributed by atoms with van der Waals surface area (Å²) in [5.74, 6) is 4.30. The topological polar surface area (TPSA) is 0 Å². The van der Waals surface area contributed by atoms with Gasteiger partial charge >= 0.3 is 0 Å². The molecule has 2 aliphatic carbocycles. The summed E-state index contributed by atoms with van der Waals surface area (Å²) in [6, 6.07) is 8.72. The van der Waals surface area contributed by atoms with Crippen molar-refractivity contribution in [3.8, 4) is 0 Å². The Morgan fingerprint density at radius 3 is 2.50 bits per heavy atom. The van der Waals surface area contributed by atoms with Crippen molar-refractivity contribution in [2.75, 3.05) is 5.88 Å². The van der Waals surface area contributed by atoms with Crippen LogP contribution in [0.15, 0.2) is 28.7 Å². The van der Waals surface area contributed by atoms with Crippen LogP contribution in [0.5, 0.6) is 0 Å². The molecule has 0 radical (unpaired) electrons. The van der Waals surface area contributed by atoms with E-state index in [1.165, 1.54) is 37.7 Å². The third-order valence-electron chi connectivity index (χ3n) is 5.00. The molecule has 0 amide bonds. The van der Waals surface area contributed by atoms with Crippen LogP contribution in [-0.2, 0) is 0 Å². The number of halogens is 2. The molecule has 18 heavy (non-hydrogen) atoms. The quantitative estimate of drug-likeness (QED) is 0.632. The zero-order chi connectivity index (χ0) is 12.5. The van der Waals surface area contributed by atoms with Crippen LogP contribution in [0.25, 0.3) is 0 Å². The molecule has 2 bridgehead atoms. The maximum Gasteiger partial charge on any atom is 0.0292 e. The monoisotopic (exact) mass is 326 g/mol. The van der Waals surface area contributed by atoms with Crippen LogP contribution in [0.4, 0.5) is 0 Å². The van der Waals surface area contributed by atoms with Gasteiger partial charge in [0.15, 0.2) is 0 Å². The van der Waals surface area contributed by atoms with Gasteiger partial charge in [0.25, 0.3) is 0 Å². The number of hydrogen-bond donors (Lipinski definition) is 0. The minimum Gasteiger partial charge on any atom is -0.126 e. The Kier molecular flexibility index (Phi) is 4.00. The molecule has 0 aliphatic heterocycles. The first-order chi connectivity index (χ1) is 8.76. The molecule has 0 N–H and O–H groups in total. The maximum atomic E-state index is 6.21.